The number of aryl methyl sites for hydroxylation is 1. The van der Waals surface area contributed by atoms with E-state index in [1.165, 1.54) is 18.3 Å². The Balaban J connectivity index is 0.00000400. The quantitative estimate of drug-likeness (QED) is 0.120. The standard InChI is InChI=1S/C46H31FN4O.Pd/c1-30-45(46-38(32-13-5-3-6-14-32)20-12-21-39(46)33-15-7-4-8-16-33)31(2)51(49-30)35-17-11-18-36(28-35)52-37-23-24-41-40-19-9-10-22-42(40)50(43(41)29-37)44-27-34(47)25-26-48-44;/h3-27H,1-2H3;/q-2;+2. The summed E-state index contributed by atoms with van der Waals surface area (Å²) >= 11 is 0. The molecule has 0 atom stereocenters. The zero-order chi connectivity index (χ0) is 35.2. The maximum atomic E-state index is 14.4. The van der Waals surface area contributed by atoms with Crippen LogP contribution in [0.4, 0.5) is 4.39 Å². The van der Waals surface area contributed by atoms with Gasteiger partial charge in [-0.25, -0.2) is 9.37 Å². The minimum absolute atomic E-state index is 0. The number of hydrogen-bond donors (Lipinski definition) is 0. The summed E-state index contributed by atoms with van der Waals surface area (Å²) in [5.41, 5.74) is 11.1. The molecule has 258 valence electrons. The monoisotopic (exact) mass is 780 g/mol. The summed E-state index contributed by atoms with van der Waals surface area (Å²) in [6.07, 6.45) is 1.47. The molecule has 0 aliphatic heterocycles. The number of para-hydroxylation sites is 1. The van der Waals surface area contributed by atoms with E-state index in [9.17, 15) is 4.39 Å². The van der Waals surface area contributed by atoms with Gasteiger partial charge in [-0.05, 0) is 59.3 Å². The van der Waals surface area contributed by atoms with Crippen molar-refractivity contribution in [3.63, 3.8) is 0 Å². The molecule has 0 N–H and O–H groups in total. The van der Waals surface area contributed by atoms with Crippen LogP contribution in [0.2, 0.25) is 0 Å². The molecule has 3 heterocycles. The summed E-state index contributed by atoms with van der Waals surface area (Å²) in [7, 11) is 0. The van der Waals surface area contributed by atoms with E-state index < -0.39 is 0 Å². The van der Waals surface area contributed by atoms with Crippen molar-refractivity contribution in [1.82, 2.24) is 19.3 Å². The van der Waals surface area contributed by atoms with E-state index in [-0.39, 0.29) is 26.2 Å². The van der Waals surface area contributed by atoms with E-state index in [0.717, 1.165) is 72.3 Å². The Morgan fingerprint density at radius 1 is 0.623 bits per heavy atom. The molecule has 7 heteroatoms. The number of hydrogen-bond acceptors (Lipinski definition) is 3. The second kappa shape index (κ2) is 14.1. The third-order valence-electron chi connectivity index (χ3n) is 9.47. The van der Waals surface area contributed by atoms with E-state index in [1.54, 1.807) is 0 Å². The minimum atomic E-state index is -0.359. The third-order valence-corrected chi connectivity index (χ3v) is 9.47. The van der Waals surface area contributed by atoms with Crippen LogP contribution in [0.25, 0.3) is 66.7 Å². The van der Waals surface area contributed by atoms with Crippen LogP contribution in [-0.2, 0) is 20.4 Å². The number of halogens is 1. The van der Waals surface area contributed by atoms with E-state index in [2.05, 4.69) is 97.7 Å². The van der Waals surface area contributed by atoms with Crippen LogP contribution in [0.5, 0.6) is 11.5 Å². The van der Waals surface area contributed by atoms with E-state index in [4.69, 9.17) is 9.84 Å². The van der Waals surface area contributed by atoms with Crippen LogP contribution in [-0.4, -0.2) is 19.3 Å². The second-order valence-corrected chi connectivity index (χ2v) is 12.7. The van der Waals surface area contributed by atoms with Gasteiger partial charge < -0.3 is 9.30 Å². The molecule has 0 radical (unpaired) electrons. The van der Waals surface area contributed by atoms with Crippen molar-refractivity contribution in [3.8, 4) is 56.4 Å². The number of aromatic nitrogens is 4. The molecule has 0 bridgehead atoms. The van der Waals surface area contributed by atoms with Crippen molar-refractivity contribution in [2.45, 2.75) is 13.8 Å². The van der Waals surface area contributed by atoms with Gasteiger partial charge in [0.15, 0.2) is 0 Å². The van der Waals surface area contributed by atoms with Crippen LogP contribution in [0.3, 0.4) is 0 Å². The minimum Gasteiger partial charge on any atom is -0.509 e. The van der Waals surface area contributed by atoms with E-state index in [1.807, 2.05) is 76.0 Å². The zero-order valence-electron chi connectivity index (χ0n) is 28.8. The Hall–Kier alpha value is -6.13. The molecular weight excluding hydrogens is 750 g/mol. The van der Waals surface area contributed by atoms with Crippen LogP contribution in [0.1, 0.15) is 11.4 Å². The van der Waals surface area contributed by atoms with Gasteiger partial charge in [-0.3, -0.25) is 4.68 Å². The number of fused-ring (bicyclic) bond motifs is 3. The van der Waals surface area contributed by atoms with Crippen molar-refractivity contribution in [2.24, 2.45) is 0 Å². The number of benzene rings is 6. The molecule has 9 rings (SSSR count). The Kier molecular flexibility index (Phi) is 9.06. The Labute approximate surface area is 320 Å². The number of pyridine rings is 1. The maximum absolute atomic E-state index is 14.4. The average Bonchev–Trinajstić information content (AvgIpc) is 3.67. The first-order valence-corrected chi connectivity index (χ1v) is 17.1. The second-order valence-electron chi connectivity index (χ2n) is 12.7. The van der Waals surface area contributed by atoms with Crippen molar-refractivity contribution in [2.75, 3.05) is 0 Å². The molecule has 0 amide bonds. The van der Waals surface area contributed by atoms with Crippen molar-refractivity contribution in [1.29, 1.82) is 0 Å². The molecule has 53 heavy (non-hydrogen) atoms. The molecule has 6 aromatic carbocycles. The molecule has 0 spiro atoms. The summed E-state index contributed by atoms with van der Waals surface area (Å²) in [6.45, 7) is 4.17. The predicted octanol–water partition coefficient (Wildman–Crippen LogP) is 11.5. The fourth-order valence-electron chi connectivity index (χ4n) is 7.20. The summed E-state index contributed by atoms with van der Waals surface area (Å²) in [6, 6.07) is 54.8. The van der Waals surface area contributed by atoms with E-state index >= 15 is 0 Å². The normalized spacial score (nSPS) is 11.2. The molecule has 9 aromatic rings. The number of ether oxygens (including phenoxy) is 1. The molecule has 0 unspecified atom stereocenters. The molecule has 0 aliphatic rings. The molecule has 0 saturated heterocycles. The van der Waals surface area contributed by atoms with Gasteiger partial charge in [-0.2, -0.15) is 17.2 Å². The molecule has 0 saturated carbocycles. The summed E-state index contributed by atoms with van der Waals surface area (Å²) in [4.78, 5) is 4.47. The number of rotatable bonds is 7. The maximum Gasteiger partial charge on any atom is 2.00 e. The third kappa shape index (κ3) is 6.14. The van der Waals surface area contributed by atoms with Gasteiger partial charge in [-0.15, -0.1) is 35.7 Å². The smallest absolute Gasteiger partial charge is 0.509 e. The summed E-state index contributed by atoms with van der Waals surface area (Å²) < 4.78 is 24.6. The SMILES string of the molecule is Cc1nn(-c2[c-]c(Oc3[c-]c4c(cc3)c3ccccc3n4-c3cc(F)ccn3)ccc2)c(C)c1-c1c(-c2ccccc2)cccc1-c1ccccc1.[Pd+2]. The summed E-state index contributed by atoms with van der Waals surface area (Å²) in [5, 5.41) is 7.06. The van der Waals surface area contributed by atoms with Crippen molar-refractivity contribution in [3.05, 3.63) is 181 Å². The van der Waals surface area contributed by atoms with Crippen LogP contribution >= 0.6 is 0 Å². The summed E-state index contributed by atoms with van der Waals surface area (Å²) in [5.74, 6) is 1.13. The van der Waals surface area contributed by atoms with Gasteiger partial charge in [-0.1, -0.05) is 103 Å². The Morgan fingerprint density at radius 3 is 2.00 bits per heavy atom. The van der Waals surface area contributed by atoms with Crippen LogP contribution in [0.15, 0.2) is 152 Å². The molecule has 0 aliphatic carbocycles. The molecule has 0 fully saturated rings. The first-order chi connectivity index (χ1) is 25.5. The van der Waals surface area contributed by atoms with Gasteiger partial charge in [0.1, 0.15) is 11.6 Å². The molecule has 5 nitrogen and oxygen atoms in total. The fraction of sp³-hybridized carbons (Fsp3) is 0.0435. The molecule has 3 aromatic heterocycles. The fourth-order valence-corrected chi connectivity index (χ4v) is 7.20. The Bertz CT molecular complexity index is 2700. The van der Waals surface area contributed by atoms with Crippen LogP contribution < -0.4 is 4.74 Å². The van der Waals surface area contributed by atoms with E-state index in [0.29, 0.717) is 17.3 Å². The average molecular weight is 781 g/mol. The van der Waals surface area contributed by atoms with Gasteiger partial charge in [0.2, 0.25) is 0 Å². The van der Waals surface area contributed by atoms with Gasteiger partial charge >= 0.3 is 20.4 Å². The van der Waals surface area contributed by atoms with Crippen molar-refractivity contribution >= 4 is 21.8 Å². The zero-order valence-corrected chi connectivity index (χ0v) is 30.4. The van der Waals surface area contributed by atoms with Gasteiger partial charge in [0, 0.05) is 46.1 Å². The molecular formula is C46H31FN4OPd. The number of nitrogens with zero attached hydrogens (tertiary/aromatic N) is 4. The largest absolute Gasteiger partial charge is 2.00 e. The topological polar surface area (TPSA) is 44.9 Å². The van der Waals surface area contributed by atoms with Crippen molar-refractivity contribution < 1.29 is 29.6 Å². The predicted molar refractivity (Wildman–Crippen MR) is 206 cm³/mol. The van der Waals surface area contributed by atoms with Gasteiger partial charge in [0.25, 0.3) is 0 Å². The van der Waals surface area contributed by atoms with Crippen LogP contribution in [0, 0.1) is 31.8 Å². The first-order valence-electron chi connectivity index (χ1n) is 17.1. The first kappa shape index (κ1) is 34.0. The van der Waals surface area contributed by atoms with Gasteiger partial charge in [0.05, 0.1) is 5.69 Å². The Morgan fingerprint density at radius 2 is 1.28 bits per heavy atom.